The van der Waals surface area contributed by atoms with Crippen LogP contribution in [-0.4, -0.2) is 11.0 Å². The largest absolute Gasteiger partial charge is 0.465 e. The zero-order valence-electron chi connectivity index (χ0n) is 10.8. The molecule has 1 heterocycles. The molecule has 108 valence electrons. The van der Waals surface area contributed by atoms with Gasteiger partial charge in [0, 0.05) is 11.8 Å². The number of amides is 1. The van der Waals surface area contributed by atoms with Crippen LogP contribution in [0.25, 0.3) is 6.08 Å². The number of anilines is 1. The van der Waals surface area contributed by atoms with Crippen LogP contribution in [0.1, 0.15) is 5.76 Å². The van der Waals surface area contributed by atoms with Crippen molar-refractivity contribution in [2.24, 2.45) is 0 Å². The lowest BCUT2D eigenvalue weighted by atomic mass is 10.3. The third-order valence-electron chi connectivity index (χ3n) is 2.34. The van der Waals surface area contributed by atoms with Crippen molar-refractivity contribution in [3.8, 4) is 0 Å². The molecule has 21 heavy (non-hydrogen) atoms. The highest BCUT2D eigenvalue weighted by atomic mass is 32.1. The number of hydrogen-bond acceptors (Lipinski definition) is 3. The lowest BCUT2D eigenvalue weighted by molar-refractivity contribution is -0.116. The predicted molar refractivity (Wildman–Crippen MR) is 81.6 cm³/mol. The lowest BCUT2D eigenvalue weighted by Gasteiger charge is -2.10. The van der Waals surface area contributed by atoms with Gasteiger partial charge >= 0.3 is 0 Å². The summed E-state index contributed by atoms with van der Waals surface area (Å²) in [5.41, 5.74) is 5.51. The summed E-state index contributed by atoms with van der Waals surface area (Å²) in [5.74, 6) is -0.164. The number of thiocarbonyl (C=S) groups is 1. The summed E-state index contributed by atoms with van der Waals surface area (Å²) in [4.78, 5) is 11.5. The third-order valence-corrected chi connectivity index (χ3v) is 2.55. The molecule has 0 fully saturated rings. The Morgan fingerprint density at radius 1 is 1.19 bits per heavy atom. The SMILES string of the molecule is O=C(/C=C/c1ccco1)NNC(=S)Nc1ccc(F)cc1. The molecule has 0 aliphatic heterocycles. The highest BCUT2D eigenvalue weighted by Gasteiger charge is 2.00. The summed E-state index contributed by atoms with van der Waals surface area (Å²) in [7, 11) is 0. The monoisotopic (exact) mass is 305 g/mol. The van der Waals surface area contributed by atoms with E-state index in [4.69, 9.17) is 16.6 Å². The standard InChI is InChI=1S/C14H12FN3O2S/c15-10-3-5-11(6-4-10)16-14(21)18-17-13(19)8-7-12-2-1-9-20-12/h1-9H,(H,17,19)(H2,16,18,21)/b8-7+. The maximum atomic E-state index is 12.7. The fourth-order valence-electron chi connectivity index (χ4n) is 1.40. The maximum Gasteiger partial charge on any atom is 0.262 e. The van der Waals surface area contributed by atoms with Gasteiger partial charge < -0.3 is 9.73 Å². The summed E-state index contributed by atoms with van der Waals surface area (Å²) in [6.07, 6.45) is 4.33. The van der Waals surface area contributed by atoms with Crippen molar-refractivity contribution < 1.29 is 13.6 Å². The Labute approximate surface area is 125 Å². The smallest absolute Gasteiger partial charge is 0.262 e. The van der Waals surface area contributed by atoms with Gasteiger partial charge in [-0.2, -0.15) is 0 Å². The maximum absolute atomic E-state index is 12.7. The molecule has 0 saturated heterocycles. The average Bonchev–Trinajstić information content (AvgIpc) is 2.99. The van der Waals surface area contributed by atoms with Crippen molar-refractivity contribution in [1.82, 2.24) is 10.9 Å². The normalized spacial score (nSPS) is 10.3. The summed E-state index contributed by atoms with van der Waals surface area (Å²) in [6.45, 7) is 0. The first-order valence-electron chi connectivity index (χ1n) is 5.97. The van der Waals surface area contributed by atoms with Crippen LogP contribution in [0.4, 0.5) is 10.1 Å². The van der Waals surface area contributed by atoms with Crippen molar-refractivity contribution in [2.75, 3.05) is 5.32 Å². The molecule has 0 aliphatic rings. The molecule has 1 aromatic carbocycles. The van der Waals surface area contributed by atoms with Gasteiger partial charge in [-0.25, -0.2) is 4.39 Å². The van der Waals surface area contributed by atoms with Gasteiger partial charge in [0.2, 0.25) is 0 Å². The molecule has 7 heteroatoms. The highest BCUT2D eigenvalue weighted by Crippen LogP contribution is 2.07. The number of hydrazine groups is 1. The Hall–Kier alpha value is -2.67. The number of carbonyl (C=O) groups is 1. The van der Waals surface area contributed by atoms with Crippen LogP contribution in [0.2, 0.25) is 0 Å². The minimum atomic E-state index is -0.394. The van der Waals surface area contributed by atoms with Crippen molar-refractivity contribution in [3.63, 3.8) is 0 Å². The Kier molecular flexibility index (Phi) is 5.05. The van der Waals surface area contributed by atoms with Gasteiger partial charge in [-0.1, -0.05) is 0 Å². The average molecular weight is 305 g/mol. The molecule has 1 aromatic heterocycles. The van der Waals surface area contributed by atoms with E-state index in [1.807, 2.05) is 0 Å². The second-order valence-electron chi connectivity index (χ2n) is 3.92. The van der Waals surface area contributed by atoms with Crippen molar-refractivity contribution in [3.05, 3.63) is 60.3 Å². The number of furan rings is 1. The highest BCUT2D eigenvalue weighted by molar-refractivity contribution is 7.80. The topological polar surface area (TPSA) is 66.3 Å². The van der Waals surface area contributed by atoms with Gasteiger partial charge in [-0.15, -0.1) is 0 Å². The van der Waals surface area contributed by atoms with Crippen LogP contribution in [0.5, 0.6) is 0 Å². The molecule has 0 bridgehead atoms. The molecule has 1 amide bonds. The fourth-order valence-corrected chi connectivity index (χ4v) is 1.57. The third kappa shape index (κ3) is 5.07. The van der Waals surface area contributed by atoms with E-state index in [2.05, 4.69) is 16.2 Å². The minimum Gasteiger partial charge on any atom is -0.465 e. The van der Waals surface area contributed by atoms with Crippen LogP contribution in [0.3, 0.4) is 0 Å². The van der Waals surface area contributed by atoms with Gasteiger partial charge in [0.25, 0.3) is 5.91 Å². The molecule has 0 spiro atoms. The predicted octanol–water partition coefficient (Wildman–Crippen LogP) is 2.45. The number of rotatable bonds is 3. The van der Waals surface area contributed by atoms with Gasteiger partial charge in [-0.05, 0) is 54.7 Å². The van der Waals surface area contributed by atoms with E-state index in [1.165, 1.54) is 42.7 Å². The Balaban J connectivity index is 1.75. The fraction of sp³-hybridized carbons (Fsp3) is 0. The van der Waals surface area contributed by atoms with E-state index in [0.29, 0.717) is 11.4 Å². The quantitative estimate of drug-likeness (QED) is 0.462. The van der Waals surface area contributed by atoms with Gasteiger partial charge in [-0.3, -0.25) is 15.6 Å². The number of carbonyl (C=O) groups excluding carboxylic acids is 1. The molecular formula is C14H12FN3O2S. The molecule has 3 N–H and O–H groups in total. The van der Waals surface area contributed by atoms with E-state index in [-0.39, 0.29) is 10.9 Å². The van der Waals surface area contributed by atoms with Crippen LogP contribution in [-0.2, 0) is 4.79 Å². The van der Waals surface area contributed by atoms with Crippen molar-refractivity contribution in [1.29, 1.82) is 0 Å². The summed E-state index contributed by atoms with van der Waals surface area (Å²) >= 11 is 4.98. The minimum absolute atomic E-state index is 0.182. The first kappa shape index (κ1) is 14.7. The summed E-state index contributed by atoms with van der Waals surface area (Å²) in [5, 5.41) is 2.97. The van der Waals surface area contributed by atoms with E-state index in [1.54, 1.807) is 12.1 Å². The summed E-state index contributed by atoms with van der Waals surface area (Å²) in [6, 6.07) is 9.10. The first-order chi connectivity index (χ1) is 10.1. The Bertz CT molecular complexity index is 639. The summed E-state index contributed by atoms with van der Waals surface area (Å²) < 4.78 is 17.8. The number of benzene rings is 1. The zero-order chi connectivity index (χ0) is 15.1. The van der Waals surface area contributed by atoms with Crippen molar-refractivity contribution in [2.45, 2.75) is 0 Å². The number of hydrogen-bond donors (Lipinski definition) is 3. The zero-order valence-corrected chi connectivity index (χ0v) is 11.6. The van der Waals surface area contributed by atoms with E-state index in [0.717, 1.165) is 0 Å². The Morgan fingerprint density at radius 2 is 1.95 bits per heavy atom. The first-order valence-corrected chi connectivity index (χ1v) is 6.38. The molecule has 0 saturated carbocycles. The van der Waals surface area contributed by atoms with E-state index < -0.39 is 5.91 Å². The van der Waals surface area contributed by atoms with Crippen LogP contribution >= 0.6 is 12.2 Å². The number of halogens is 1. The Morgan fingerprint density at radius 3 is 2.62 bits per heavy atom. The van der Waals surface area contributed by atoms with Crippen LogP contribution in [0, 0.1) is 5.82 Å². The molecular weight excluding hydrogens is 293 g/mol. The second-order valence-corrected chi connectivity index (χ2v) is 4.33. The molecule has 0 atom stereocenters. The van der Waals surface area contributed by atoms with E-state index >= 15 is 0 Å². The molecule has 2 rings (SSSR count). The van der Waals surface area contributed by atoms with E-state index in [9.17, 15) is 9.18 Å². The lowest BCUT2D eigenvalue weighted by Crippen LogP contribution is -2.43. The van der Waals surface area contributed by atoms with Crippen LogP contribution < -0.4 is 16.2 Å². The van der Waals surface area contributed by atoms with Crippen LogP contribution in [0.15, 0.2) is 53.2 Å². The number of nitrogens with one attached hydrogen (secondary N) is 3. The second kappa shape index (κ2) is 7.20. The molecule has 5 nitrogen and oxygen atoms in total. The van der Waals surface area contributed by atoms with Gasteiger partial charge in [0.05, 0.1) is 6.26 Å². The van der Waals surface area contributed by atoms with Gasteiger partial charge in [0.1, 0.15) is 11.6 Å². The van der Waals surface area contributed by atoms with Gasteiger partial charge in [0.15, 0.2) is 5.11 Å². The van der Waals surface area contributed by atoms with Crippen molar-refractivity contribution >= 4 is 35.0 Å². The molecule has 2 aromatic rings. The molecule has 0 unspecified atom stereocenters. The molecule has 0 radical (unpaired) electrons. The molecule has 0 aliphatic carbocycles.